The van der Waals surface area contributed by atoms with E-state index in [0.29, 0.717) is 19.4 Å². The van der Waals surface area contributed by atoms with Gasteiger partial charge in [-0.3, -0.25) is 9.59 Å². The van der Waals surface area contributed by atoms with Crippen LogP contribution in [0.5, 0.6) is 0 Å². The van der Waals surface area contributed by atoms with Crippen molar-refractivity contribution in [2.24, 2.45) is 11.3 Å². The van der Waals surface area contributed by atoms with Gasteiger partial charge in [-0.25, -0.2) is 0 Å². The Bertz CT molecular complexity index is 397. The van der Waals surface area contributed by atoms with E-state index in [9.17, 15) is 27.9 Å². The summed E-state index contributed by atoms with van der Waals surface area (Å²) in [5.41, 5.74) is -0.960. The van der Waals surface area contributed by atoms with Gasteiger partial charge in [-0.2, -0.15) is 13.2 Å². The summed E-state index contributed by atoms with van der Waals surface area (Å²) in [5, 5.41) is 11.3. The van der Waals surface area contributed by atoms with Crippen LogP contribution in [-0.4, -0.2) is 54.2 Å². The first-order valence-electron chi connectivity index (χ1n) is 6.82. The molecule has 0 saturated carbocycles. The number of halogens is 3. The maximum atomic E-state index is 12.0. The van der Waals surface area contributed by atoms with Crippen molar-refractivity contribution < 1.29 is 27.9 Å². The zero-order valence-corrected chi connectivity index (χ0v) is 12.2. The number of hydrogen-bond acceptors (Lipinski definition) is 3. The summed E-state index contributed by atoms with van der Waals surface area (Å²) in [4.78, 5) is 24.6. The molecule has 122 valence electrons. The molecule has 5 nitrogen and oxygen atoms in total. The molecule has 1 amide bonds. The summed E-state index contributed by atoms with van der Waals surface area (Å²) in [6.45, 7) is 2.34. The van der Waals surface area contributed by atoms with Gasteiger partial charge in [0.05, 0.1) is 18.5 Å². The lowest BCUT2D eigenvalue weighted by Crippen LogP contribution is -2.49. The Balaban J connectivity index is 2.52. The fourth-order valence-electron chi connectivity index (χ4n) is 2.39. The minimum absolute atomic E-state index is 0.199. The summed E-state index contributed by atoms with van der Waals surface area (Å²) in [6, 6.07) is 0. The summed E-state index contributed by atoms with van der Waals surface area (Å²) < 4.78 is 36.0. The molecule has 1 aliphatic rings. The van der Waals surface area contributed by atoms with E-state index >= 15 is 0 Å². The van der Waals surface area contributed by atoms with Crippen molar-refractivity contribution in [2.45, 2.75) is 32.9 Å². The fraction of sp³-hybridized carbons (Fsp3) is 0.846. The number of likely N-dealkylation sites (tertiary alicyclic amines) is 1. The number of rotatable bonds is 5. The summed E-state index contributed by atoms with van der Waals surface area (Å²) in [7, 11) is 0. The topological polar surface area (TPSA) is 69.6 Å². The molecular weight excluding hydrogens is 289 g/mol. The third-order valence-corrected chi connectivity index (χ3v) is 3.95. The van der Waals surface area contributed by atoms with Crippen LogP contribution in [0, 0.1) is 11.3 Å². The Morgan fingerprint density at radius 3 is 2.48 bits per heavy atom. The highest BCUT2D eigenvalue weighted by Gasteiger charge is 2.40. The van der Waals surface area contributed by atoms with E-state index < -0.39 is 30.0 Å². The number of aliphatic carboxylic acids is 1. The lowest BCUT2D eigenvalue weighted by atomic mass is 9.74. The SMILES string of the molecule is CC(C)(C(=O)O)C1CCCN(C(=O)CNCC(F)(F)F)C1. The first-order chi connectivity index (χ1) is 9.54. The van der Waals surface area contributed by atoms with E-state index in [0.717, 1.165) is 0 Å². The van der Waals surface area contributed by atoms with Crippen LogP contribution >= 0.6 is 0 Å². The molecule has 0 aromatic rings. The van der Waals surface area contributed by atoms with Gasteiger partial charge >= 0.3 is 12.1 Å². The number of amides is 1. The van der Waals surface area contributed by atoms with Crippen LogP contribution in [0.4, 0.5) is 13.2 Å². The fourth-order valence-corrected chi connectivity index (χ4v) is 2.39. The molecule has 0 bridgehead atoms. The Hall–Kier alpha value is -1.31. The monoisotopic (exact) mass is 310 g/mol. The highest BCUT2D eigenvalue weighted by molar-refractivity contribution is 5.79. The highest BCUT2D eigenvalue weighted by Crippen LogP contribution is 2.34. The largest absolute Gasteiger partial charge is 0.481 e. The van der Waals surface area contributed by atoms with Crippen LogP contribution in [0.25, 0.3) is 0 Å². The molecule has 1 heterocycles. The van der Waals surface area contributed by atoms with E-state index in [2.05, 4.69) is 5.32 Å². The van der Waals surface area contributed by atoms with Gasteiger partial charge in [0.1, 0.15) is 0 Å². The van der Waals surface area contributed by atoms with Crippen molar-refractivity contribution in [3.05, 3.63) is 0 Å². The number of carbonyl (C=O) groups excluding carboxylic acids is 1. The molecular formula is C13H21F3N2O3. The quantitative estimate of drug-likeness (QED) is 0.807. The zero-order valence-electron chi connectivity index (χ0n) is 12.2. The van der Waals surface area contributed by atoms with Crippen molar-refractivity contribution in [3.63, 3.8) is 0 Å². The molecule has 1 atom stereocenters. The molecule has 1 rings (SSSR count). The van der Waals surface area contributed by atoms with E-state index in [1.165, 1.54) is 4.90 Å². The summed E-state index contributed by atoms with van der Waals surface area (Å²) in [5.74, 6) is -1.56. The lowest BCUT2D eigenvalue weighted by molar-refractivity contribution is -0.153. The average molecular weight is 310 g/mol. The minimum atomic E-state index is -4.35. The molecule has 1 unspecified atom stereocenters. The number of nitrogens with one attached hydrogen (secondary N) is 1. The molecule has 8 heteroatoms. The van der Waals surface area contributed by atoms with Crippen LogP contribution < -0.4 is 5.32 Å². The molecule has 1 aliphatic heterocycles. The Labute approximate surface area is 121 Å². The Morgan fingerprint density at radius 1 is 1.33 bits per heavy atom. The van der Waals surface area contributed by atoms with Gasteiger partial charge in [-0.1, -0.05) is 0 Å². The molecule has 0 aliphatic carbocycles. The lowest BCUT2D eigenvalue weighted by Gasteiger charge is -2.39. The molecule has 0 radical (unpaired) electrons. The van der Waals surface area contributed by atoms with Gasteiger partial charge in [-0.15, -0.1) is 0 Å². The second-order valence-corrected chi connectivity index (χ2v) is 5.92. The molecule has 1 fully saturated rings. The van der Waals surface area contributed by atoms with Crippen LogP contribution in [0.15, 0.2) is 0 Å². The van der Waals surface area contributed by atoms with Crippen molar-refractivity contribution in [1.29, 1.82) is 0 Å². The number of carboxylic acids is 1. The van der Waals surface area contributed by atoms with Crippen molar-refractivity contribution in [1.82, 2.24) is 10.2 Å². The van der Waals surface area contributed by atoms with Gasteiger partial charge in [0, 0.05) is 13.1 Å². The molecule has 0 aromatic heterocycles. The Morgan fingerprint density at radius 2 is 1.95 bits per heavy atom. The van der Waals surface area contributed by atoms with Gasteiger partial charge in [0.25, 0.3) is 0 Å². The highest BCUT2D eigenvalue weighted by atomic mass is 19.4. The van der Waals surface area contributed by atoms with E-state index in [-0.39, 0.29) is 19.0 Å². The van der Waals surface area contributed by atoms with Gasteiger partial charge in [-0.05, 0) is 32.6 Å². The van der Waals surface area contributed by atoms with Crippen LogP contribution in [0.3, 0.4) is 0 Å². The first kappa shape index (κ1) is 17.7. The van der Waals surface area contributed by atoms with E-state index in [4.69, 9.17) is 0 Å². The maximum absolute atomic E-state index is 12.0. The van der Waals surface area contributed by atoms with Gasteiger partial charge in [0.15, 0.2) is 0 Å². The van der Waals surface area contributed by atoms with Crippen LogP contribution in [0.1, 0.15) is 26.7 Å². The number of carboxylic acid groups (broad SMARTS) is 1. The van der Waals surface area contributed by atoms with E-state index in [1.807, 2.05) is 0 Å². The minimum Gasteiger partial charge on any atom is -0.481 e. The second-order valence-electron chi connectivity index (χ2n) is 5.92. The number of piperidine rings is 1. The number of alkyl halides is 3. The van der Waals surface area contributed by atoms with Crippen molar-refractivity contribution in [2.75, 3.05) is 26.2 Å². The molecule has 2 N–H and O–H groups in total. The summed E-state index contributed by atoms with van der Waals surface area (Å²) >= 11 is 0. The van der Waals surface area contributed by atoms with Gasteiger partial charge in [0.2, 0.25) is 5.91 Å². The van der Waals surface area contributed by atoms with Crippen molar-refractivity contribution >= 4 is 11.9 Å². The number of nitrogens with zero attached hydrogens (tertiary/aromatic N) is 1. The first-order valence-corrected chi connectivity index (χ1v) is 6.82. The molecule has 0 spiro atoms. The van der Waals surface area contributed by atoms with Gasteiger partial charge < -0.3 is 15.3 Å². The Kier molecular flexibility index (Phi) is 5.61. The normalized spacial score (nSPS) is 20.4. The summed E-state index contributed by atoms with van der Waals surface area (Å²) in [6.07, 6.45) is -3.00. The molecule has 0 aromatic carbocycles. The second kappa shape index (κ2) is 6.64. The van der Waals surface area contributed by atoms with Crippen molar-refractivity contribution in [3.8, 4) is 0 Å². The third kappa shape index (κ3) is 5.18. The molecule has 21 heavy (non-hydrogen) atoms. The average Bonchev–Trinajstić information content (AvgIpc) is 2.37. The predicted octanol–water partition coefficient (Wildman–Crippen LogP) is 1.49. The van der Waals surface area contributed by atoms with Crippen LogP contribution in [-0.2, 0) is 9.59 Å². The molecule has 1 saturated heterocycles. The van der Waals surface area contributed by atoms with Crippen LogP contribution in [0.2, 0.25) is 0 Å². The maximum Gasteiger partial charge on any atom is 0.401 e. The predicted molar refractivity (Wildman–Crippen MR) is 69.6 cm³/mol. The number of carbonyl (C=O) groups is 2. The third-order valence-electron chi connectivity index (χ3n) is 3.95. The smallest absolute Gasteiger partial charge is 0.401 e. The zero-order chi connectivity index (χ0) is 16.3. The number of hydrogen-bond donors (Lipinski definition) is 2. The standard InChI is InChI=1S/C13H21F3N2O3/c1-12(2,11(20)21)9-4-3-5-18(7-9)10(19)6-17-8-13(14,15)16/h9,17H,3-8H2,1-2H3,(H,20,21). The van der Waals surface area contributed by atoms with E-state index in [1.54, 1.807) is 13.8 Å².